The van der Waals surface area contributed by atoms with Gasteiger partial charge in [-0.15, -0.1) is 0 Å². The van der Waals surface area contributed by atoms with Crippen molar-refractivity contribution in [1.29, 1.82) is 0 Å². The number of carbonyl (C=O) groups excluding carboxylic acids is 1. The van der Waals surface area contributed by atoms with E-state index in [1.54, 1.807) is 27.0 Å². The summed E-state index contributed by atoms with van der Waals surface area (Å²) < 4.78 is 30.9. The summed E-state index contributed by atoms with van der Waals surface area (Å²) >= 11 is 0. The van der Waals surface area contributed by atoms with E-state index in [-0.39, 0.29) is 10.6 Å². The number of carbonyl (C=O) groups is 1. The van der Waals surface area contributed by atoms with Crippen molar-refractivity contribution in [2.45, 2.75) is 32.7 Å². The van der Waals surface area contributed by atoms with Gasteiger partial charge in [0.1, 0.15) is 5.56 Å². The van der Waals surface area contributed by atoms with E-state index in [2.05, 4.69) is 40.2 Å². The van der Waals surface area contributed by atoms with Crippen LogP contribution < -0.4 is 4.90 Å². The highest BCUT2D eigenvalue weighted by Crippen LogP contribution is 2.26. The van der Waals surface area contributed by atoms with E-state index in [0.717, 1.165) is 11.3 Å². The molecule has 0 saturated carbocycles. The van der Waals surface area contributed by atoms with Crippen molar-refractivity contribution >= 4 is 21.6 Å². The number of nitrogens with zero attached hydrogens (tertiary/aromatic N) is 6. The SMILES string of the molecule is Cc1ccc(C)c(N2CCN(S(=O)(=O)c3nn(C)cc3C(=O)n3nc(C)cc3C)CC2)c1. The Balaban J connectivity index is 1.59. The van der Waals surface area contributed by atoms with Crippen LogP contribution >= 0.6 is 0 Å². The Morgan fingerprint density at radius 2 is 1.66 bits per heavy atom. The standard InChI is InChI=1S/C22H28N6O3S/c1-15-6-7-16(2)20(12-15)26-8-10-27(11-9-26)32(30,31)21-19(14-25(5)24-21)22(29)28-18(4)13-17(3)23-28/h6-7,12-14H,8-11H2,1-5H3. The molecule has 1 aliphatic heterocycles. The first-order valence-corrected chi connectivity index (χ1v) is 12.0. The minimum Gasteiger partial charge on any atom is -0.369 e. The molecule has 9 nitrogen and oxygen atoms in total. The number of aromatic nitrogens is 4. The zero-order valence-corrected chi connectivity index (χ0v) is 19.8. The monoisotopic (exact) mass is 456 g/mol. The first-order valence-electron chi connectivity index (χ1n) is 10.5. The van der Waals surface area contributed by atoms with Crippen molar-refractivity contribution in [3.63, 3.8) is 0 Å². The van der Waals surface area contributed by atoms with Gasteiger partial charge in [-0.3, -0.25) is 9.48 Å². The van der Waals surface area contributed by atoms with Crippen LogP contribution in [0.5, 0.6) is 0 Å². The van der Waals surface area contributed by atoms with E-state index in [9.17, 15) is 13.2 Å². The molecule has 32 heavy (non-hydrogen) atoms. The second-order valence-corrected chi connectivity index (χ2v) is 10.2. The van der Waals surface area contributed by atoms with Crippen molar-refractivity contribution in [2.75, 3.05) is 31.1 Å². The van der Waals surface area contributed by atoms with Gasteiger partial charge in [-0.2, -0.15) is 14.5 Å². The predicted molar refractivity (Wildman–Crippen MR) is 122 cm³/mol. The number of anilines is 1. The lowest BCUT2D eigenvalue weighted by Gasteiger charge is -2.36. The van der Waals surface area contributed by atoms with E-state index in [1.807, 2.05) is 6.92 Å². The Bertz CT molecular complexity index is 1280. The highest BCUT2D eigenvalue weighted by atomic mass is 32.2. The first-order chi connectivity index (χ1) is 15.1. The summed E-state index contributed by atoms with van der Waals surface area (Å²) in [5.41, 5.74) is 4.81. The van der Waals surface area contributed by atoms with Gasteiger partial charge in [-0.05, 0) is 51.0 Å². The van der Waals surface area contributed by atoms with Crippen LogP contribution in [0.3, 0.4) is 0 Å². The smallest absolute Gasteiger partial charge is 0.283 e. The lowest BCUT2D eigenvalue weighted by atomic mass is 10.1. The summed E-state index contributed by atoms with van der Waals surface area (Å²) in [5, 5.41) is 8.14. The Morgan fingerprint density at radius 1 is 0.969 bits per heavy atom. The van der Waals surface area contributed by atoms with Crippen molar-refractivity contribution in [3.8, 4) is 0 Å². The van der Waals surface area contributed by atoms with Gasteiger partial charge in [0, 0.05) is 50.8 Å². The topological polar surface area (TPSA) is 93.3 Å². The molecular formula is C22H28N6O3S. The summed E-state index contributed by atoms with van der Waals surface area (Å²) in [6.45, 7) is 9.42. The van der Waals surface area contributed by atoms with Crippen molar-refractivity contribution in [1.82, 2.24) is 23.9 Å². The molecule has 1 fully saturated rings. The minimum atomic E-state index is -3.94. The summed E-state index contributed by atoms with van der Waals surface area (Å²) in [5.74, 6) is -0.503. The third-order valence-electron chi connectivity index (χ3n) is 5.76. The summed E-state index contributed by atoms with van der Waals surface area (Å²) in [7, 11) is -2.34. The number of piperazine rings is 1. The van der Waals surface area contributed by atoms with Crippen LogP contribution in [0.2, 0.25) is 0 Å². The Kier molecular flexibility index (Phi) is 5.68. The maximum atomic E-state index is 13.5. The Hall–Kier alpha value is -2.98. The number of sulfonamides is 1. The van der Waals surface area contributed by atoms with Crippen molar-refractivity contribution in [2.24, 2.45) is 7.05 Å². The van der Waals surface area contributed by atoms with Gasteiger partial charge < -0.3 is 4.90 Å². The second-order valence-electron chi connectivity index (χ2n) is 8.35. The van der Waals surface area contributed by atoms with Crippen molar-refractivity contribution in [3.05, 3.63) is 58.5 Å². The van der Waals surface area contributed by atoms with E-state index in [1.165, 1.54) is 25.4 Å². The predicted octanol–water partition coefficient (Wildman–Crippen LogP) is 2.05. The molecule has 1 aromatic carbocycles. The zero-order valence-electron chi connectivity index (χ0n) is 19.0. The molecule has 4 rings (SSSR count). The number of rotatable bonds is 4. The molecule has 0 radical (unpaired) electrons. The van der Waals surface area contributed by atoms with Gasteiger partial charge in [-0.25, -0.2) is 13.1 Å². The van der Waals surface area contributed by atoms with Crippen LogP contribution in [0.1, 0.15) is 32.9 Å². The van der Waals surface area contributed by atoms with Crippen LogP contribution in [-0.2, 0) is 17.1 Å². The molecule has 3 heterocycles. The lowest BCUT2D eigenvalue weighted by Crippen LogP contribution is -2.49. The number of benzene rings is 1. The molecule has 0 unspecified atom stereocenters. The summed E-state index contributed by atoms with van der Waals surface area (Å²) in [6.07, 6.45) is 1.44. The fourth-order valence-corrected chi connectivity index (χ4v) is 5.64. The van der Waals surface area contributed by atoms with Gasteiger partial charge in [0.05, 0.1) is 5.69 Å². The quantitative estimate of drug-likeness (QED) is 0.597. The number of hydrogen-bond acceptors (Lipinski definition) is 6. The third kappa shape index (κ3) is 3.95. The molecule has 3 aromatic rings. The highest BCUT2D eigenvalue weighted by Gasteiger charge is 2.35. The molecule has 0 amide bonds. The average Bonchev–Trinajstić information content (AvgIpc) is 3.31. The number of aryl methyl sites for hydroxylation is 5. The molecule has 1 aliphatic rings. The Morgan fingerprint density at radius 3 is 2.28 bits per heavy atom. The maximum absolute atomic E-state index is 13.5. The zero-order chi connectivity index (χ0) is 23.2. The largest absolute Gasteiger partial charge is 0.369 e. The molecule has 0 N–H and O–H groups in total. The summed E-state index contributed by atoms with van der Waals surface area (Å²) in [4.78, 5) is 15.3. The fourth-order valence-electron chi connectivity index (χ4n) is 4.11. The molecule has 2 aromatic heterocycles. The van der Waals surface area contributed by atoms with Gasteiger partial charge in [0.2, 0.25) is 5.03 Å². The number of hydrogen-bond donors (Lipinski definition) is 0. The Labute approximate surface area is 188 Å². The molecular weight excluding hydrogens is 428 g/mol. The molecule has 10 heteroatoms. The molecule has 170 valence electrons. The maximum Gasteiger partial charge on any atom is 0.283 e. The van der Waals surface area contributed by atoms with E-state index in [4.69, 9.17) is 0 Å². The fraction of sp³-hybridized carbons (Fsp3) is 0.409. The molecule has 0 aliphatic carbocycles. The summed E-state index contributed by atoms with van der Waals surface area (Å²) in [6, 6.07) is 8.05. The first kappa shape index (κ1) is 22.2. The molecule has 1 saturated heterocycles. The third-order valence-corrected chi connectivity index (χ3v) is 7.59. The highest BCUT2D eigenvalue weighted by molar-refractivity contribution is 7.89. The minimum absolute atomic E-state index is 0.0238. The molecule has 0 bridgehead atoms. The molecule has 0 spiro atoms. The van der Waals surface area contributed by atoms with E-state index in [0.29, 0.717) is 37.6 Å². The van der Waals surface area contributed by atoms with Gasteiger partial charge in [0.15, 0.2) is 0 Å². The van der Waals surface area contributed by atoms with Crippen LogP contribution in [0.4, 0.5) is 5.69 Å². The van der Waals surface area contributed by atoms with Crippen molar-refractivity contribution < 1.29 is 13.2 Å². The van der Waals surface area contributed by atoms with E-state index >= 15 is 0 Å². The van der Waals surface area contributed by atoms with Crippen LogP contribution in [0, 0.1) is 27.7 Å². The normalized spacial score (nSPS) is 15.3. The van der Waals surface area contributed by atoms with Crippen LogP contribution in [-0.4, -0.2) is 64.4 Å². The lowest BCUT2D eigenvalue weighted by molar-refractivity contribution is 0.0938. The van der Waals surface area contributed by atoms with Crippen LogP contribution in [0.25, 0.3) is 0 Å². The second kappa shape index (κ2) is 8.18. The van der Waals surface area contributed by atoms with E-state index < -0.39 is 15.9 Å². The van der Waals surface area contributed by atoms with Gasteiger partial charge in [0.25, 0.3) is 15.9 Å². The van der Waals surface area contributed by atoms with Gasteiger partial charge in [-0.1, -0.05) is 12.1 Å². The van der Waals surface area contributed by atoms with Gasteiger partial charge >= 0.3 is 0 Å². The molecule has 0 atom stereocenters. The average molecular weight is 457 g/mol. The van der Waals surface area contributed by atoms with Crippen LogP contribution in [0.15, 0.2) is 35.5 Å².